The summed E-state index contributed by atoms with van der Waals surface area (Å²) in [6.07, 6.45) is 2.32. The van der Waals surface area contributed by atoms with Crippen LogP contribution in [0.15, 0.2) is 30.3 Å². The number of ether oxygens (including phenoxy) is 1. The molecule has 1 aromatic heterocycles. The molecule has 0 atom stereocenters. The maximum absolute atomic E-state index is 12.5. The van der Waals surface area contributed by atoms with E-state index in [0.717, 1.165) is 31.7 Å². The Morgan fingerprint density at radius 1 is 1.22 bits per heavy atom. The van der Waals surface area contributed by atoms with Gasteiger partial charge in [0.1, 0.15) is 23.1 Å². The quantitative estimate of drug-likeness (QED) is 0.940. The number of hydrogen-bond donors (Lipinski definition) is 1. The minimum atomic E-state index is -0.246. The molecule has 0 aliphatic carbocycles. The maximum atomic E-state index is 12.5. The van der Waals surface area contributed by atoms with Gasteiger partial charge in [0.15, 0.2) is 0 Å². The standard InChI is InChI=1S/C17H20N4O2/c1-12-18-15(11-16(19-12)21-8-3-4-9-21)17(22)20-13-6-5-7-14(10-13)23-2/h5-7,10-11H,3-4,8-9H2,1-2H3,(H,20,22). The van der Waals surface area contributed by atoms with Gasteiger partial charge in [-0.15, -0.1) is 0 Å². The number of aromatic nitrogens is 2. The molecule has 1 aromatic carbocycles. The average molecular weight is 312 g/mol. The van der Waals surface area contributed by atoms with Crippen LogP contribution in [0.25, 0.3) is 0 Å². The smallest absolute Gasteiger partial charge is 0.274 e. The third kappa shape index (κ3) is 3.59. The number of nitrogens with zero attached hydrogens (tertiary/aromatic N) is 3. The summed E-state index contributed by atoms with van der Waals surface area (Å²) in [6.45, 7) is 3.77. The number of benzene rings is 1. The molecule has 6 nitrogen and oxygen atoms in total. The van der Waals surface area contributed by atoms with E-state index < -0.39 is 0 Å². The van der Waals surface area contributed by atoms with Gasteiger partial charge in [-0.1, -0.05) is 6.07 Å². The second-order valence-electron chi connectivity index (χ2n) is 5.54. The number of amides is 1. The van der Waals surface area contributed by atoms with Crippen molar-refractivity contribution in [1.29, 1.82) is 0 Å². The molecule has 0 saturated carbocycles. The van der Waals surface area contributed by atoms with Crippen molar-refractivity contribution >= 4 is 17.4 Å². The molecule has 1 aliphatic heterocycles. The van der Waals surface area contributed by atoms with Crippen molar-refractivity contribution in [2.75, 3.05) is 30.4 Å². The molecule has 0 spiro atoms. The van der Waals surface area contributed by atoms with Gasteiger partial charge in [-0.25, -0.2) is 9.97 Å². The van der Waals surface area contributed by atoms with Crippen LogP contribution in [0, 0.1) is 6.92 Å². The topological polar surface area (TPSA) is 67.3 Å². The fraction of sp³-hybridized carbons (Fsp3) is 0.353. The molecular weight excluding hydrogens is 292 g/mol. The SMILES string of the molecule is COc1cccc(NC(=O)c2cc(N3CCCC3)nc(C)n2)c1. The molecule has 1 amide bonds. The van der Waals surface area contributed by atoms with E-state index in [4.69, 9.17) is 4.74 Å². The van der Waals surface area contributed by atoms with Crippen LogP contribution in [-0.4, -0.2) is 36.1 Å². The Kier molecular flexibility index (Phi) is 4.41. The van der Waals surface area contributed by atoms with Gasteiger partial charge in [0.2, 0.25) is 0 Å². The van der Waals surface area contributed by atoms with Gasteiger partial charge in [0, 0.05) is 30.9 Å². The van der Waals surface area contributed by atoms with Gasteiger partial charge in [-0.05, 0) is 31.9 Å². The highest BCUT2D eigenvalue weighted by atomic mass is 16.5. The predicted molar refractivity (Wildman–Crippen MR) is 89.2 cm³/mol. The molecule has 0 unspecified atom stereocenters. The third-order valence-corrected chi connectivity index (χ3v) is 3.81. The zero-order chi connectivity index (χ0) is 16.2. The lowest BCUT2D eigenvalue weighted by Gasteiger charge is -2.17. The van der Waals surface area contributed by atoms with E-state index >= 15 is 0 Å². The number of rotatable bonds is 4. The summed E-state index contributed by atoms with van der Waals surface area (Å²) >= 11 is 0. The largest absolute Gasteiger partial charge is 0.497 e. The second kappa shape index (κ2) is 6.64. The zero-order valence-electron chi connectivity index (χ0n) is 13.4. The van der Waals surface area contributed by atoms with Gasteiger partial charge < -0.3 is 15.0 Å². The van der Waals surface area contributed by atoms with Crippen LogP contribution in [0.1, 0.15) is 29.2 Å². The van der Waals surface area contributed by atoms with Crippen molar-refractivity contribution in [3.63, 3.8) is 0 Å². The van der Waals surface area contributed by atoms with Gasteiger partial charge in [0.25, 0.3) is 5.91 Å². The number of nitrogens with one attached hydrogen (secondary N) is 1. The molecule has 2 heterocycles. The molecule has 1 fully saturated rings. The fourth-order valence-electron chi connectivity index (χ4n) is 2.67. The Morgan fingerprint density at radius 2 is 2.00 bits per heavy atom. The summed E-state index contributed by atoms with van der Waals surface area (Å²) in [7, 11) is 1.59. The summed E-state index contributed by atoms with van der Waals surface area (Å²) < 4.78 is 5.16. The minimum absolute atomic E-state index is 0.246. The van der Waals surface area contributed by atoms with E-state index in [1.54, 1.807) is 19.2 Å². The van der Waals surface area contributed by atoms with E-state index in [1.807, 2.05) is 25.1 Å². The third-order valence-electron chi connectivity index (χ3n) is 3.81. The van der Waals surface area contributed by atoms with E-state index in [1.165, 1.54) is 0 Å². The van der Waals surface area contributed by atoms with Gasteiger partial charge in [0.05, 0.1) is 7.11 Å². The van der Waals surface area contributed by atoms with Crippen molar-refractivity contribution in [3.05, 3.63) is 41.9 Å². The van der Waals surface area contributed by atoms with Crippen molar-refractivity contribution < 1.29 is 9.53 Å². The lowest BCUT2D eigenvalue weighted by molar-refractivity contribution is 0.102. The zero-order valence-corrected chi connectivity index (χ0v) is 13.4. The maximum Gasteiger partial charge on any atom is 0.274 e. The highest BCUT2D eigenvalue weighted by molar-refractivity contribution is 6.03. The highest BCUT2D eigenvalue weighted by Crippen LogP contribution is 2.20. The lowest BCUT2D eigenvalue weighted by atomic mass is 10.2. The van der Waals surface area contributed by atoms with Gasteiger partial charge >= 0.3 is 0 Å². The summed E-state index contributed by atoms with van der Waals surface area (Å²) in [4.78, 5) is 23.4. The molecule has 0 radical (unpaired) electrons. The molecule has 0 bridgehead atoms. The van der Waals surface area contributed by atoms with Crippen LogP contribution in [0.2, 0.25) is 0 Å². The summed E-state index contributed by atoms with van der Waals surface area (Å²) in [5.74, 6) is 1.87. The van der Waals surface area contributed by atoms with Crippen molar-refractivity contribution in [2.24, 2.45) is 0 Å². The summed E-state index contributed by atoms with van der Waals surface area (Å²) in [6, 6.07) is 9.00. The van der Waals surface area contributed by atoms with E-state index in [-0.39, 0.29) is 5.91 Å². The van der Waals surface area contributed by atoms with Crippen LogP contribution in [0.3, 0.4) is 0 Å². The van der Waals surface area contributed by atoms with Crippen LogP contribution < -0.4 is 15.0 Å². The first kappa shape index (κ1) is 15.3. The predicted octanol–water partition coefficient (Wildman–Crippen LogP) is 2.65. The molecule has 6 heteroatoms. The Balaban J connectivity index is 1.81. The number of aryl methyl sites for hydroxylation is 1. The fourth-order valence-corrected chi connectivity index (χ4v) is 2.67. The Labute approximate surface area is 135 Å². The first-order chi connectivity index (χ1) is 11.2. The van der Waals surface area contributed by atoms with E-state index in [9.17, 15) is 4.79 Å². The van der Waals surface area contributed by atoms with Crippen LogP contribution in [0.4, 0.5) is 11.5 Å². The number of carbonyl (C=O) groups excluding carboxylic acids is 1. The van der Waals surface area contributed by atoms with Crippen molar-refractivity contribution in [1.82, 2.24) is 9.97 Å². The molecule has 1 N–H and O–H groups in total. The molecule has 23 heavy (non-hydrogen) atoms. The number of carbonyl (C=O) groups is 1. The van der Waals surface area contributed by atoms with Crippen LogP contribution in [-0.2, 0) is 0 Å². The molecule has 3 rings (SSSR count). The lowest BCUT2D eigenvalue weighted by Crippen LogP contribution is -2.22. The van der Waals surface area contributed by atoms with Crippen molar-refractivity contribution in [3.8, 4) is 5.75 Å². The Bertz CT molecular complexity index is 711. The minimum Gasteiger partial charge on any atom is -0.497 e. The Hall–Kier alpha value is -2.63. The highest BCUT2D eigenvalue weighted by Gasteiger charge is 2.17. The van der Waals surface area contributed by atoms with Gasteiger partial charge in [-0.3, -0.25) is 4.79 Å². The first-order valence-electron chi connectivity index (χ1n) is 7.72. The van der Waals surface area contributed by atoms with Gasteiger partial charge in [-0.2, -0.15) is 0 Å². The average Bonchev–Trinajstić information content (AvgIpc) is 3.09. The molecule has 120 valence electrons. The number of hydrogen-bond acceptors (Lipinski definition) is 5. The van der Waals surface area contributed by atoms with Crippen LogP contribution >= 0.6 is 0 Å². The molecule has 2 aromatic rings. The summed E-state index contributed by atoms with van der Waals surface area (Å²) in [5.41, 5.74) is 1.05. The summed E-state index contributed by atoms with van der Waals surface area (Å²) in [5, 5.41) is 2.85. The molecule has 1 aliphatic rings. The number of anilines is 2. The molecular formula is C17H20N4O2. The number of methoxy groups -OCH3 is 1. The second-order valence-corrected chi connectivity index (χ2v) is 5.54. The van der Waals surface area contributed by atoms with Crippen LogP contribution in [0.5, 0.6) is 5.75 Å². The van der Waals surface area contributed by atoms with E-state index in [2.05, 4.69) is 20.2 Å². The molecule has 1 saturated heterocycles. The van der Waals surface area contributed by atoms with E-state index in [0.29, 0.717) is 23.0 Å². The first-order valence-corrected chi connectivity index (χ1v) is 7.72. The monoisotopic (exact) mass is 312 g/mol. The van der Waals surface area contributed by atoms with Crippen molar-refractivity contribution in [2.45, 2.75) is 19.8 Å². The Morgan fingerprint density at radius 3 is 2.74 bits per heavy atom. The normalized spacial score (nSPS) is 13.9.